The molecule has 2 rings (SSSR count). The number of benzene rings is 1. The second-order valence-electron chi connectivity index (χ2n) is 3.79. The molecule has 0 amide bonds. The van der Waals surface area contributed by atoms with Crippen LogP contribution in [0.4, 0.5) is 18.9 Å². The van der Waals surface area contributed by atoms with Gasteiger partial charge in [0, 0.05) is 12.3 Å². The molecule has 9 heteroatoms. The number of carbonyl (C=O) groups excluding carboxylic acids is 1. The van der Waals surface area contributed by atoms with Crippen LogP contribution < -0.4 is 0 Å². The summed E-state index contributed by atoms with van der Waals surface area (Å²) in [6.07, 6.45) is -2.92. The lowest BCUT2D eigenvalue weighted by molar-refractivity contribution is -0.385. The molecule has 0 saturated heterocycles. The maximum absolute atomic E-state index is 12.4. The Kier molecular flexibility index (Phi) is 3.26. The first-order chi connectivity index (χ1) is 9.32. The Balaban J connectivity index is 2.46. The largest absolute Gasteiger partial charge is 0.419 e. The van der Waals surface area contributed by atoms with Gasteiger partial charge < -0.3 is 0 Å². The fraction of sp³-hybridized carbons (Fsp3) is 0.0909. The number of alkyl halides is 3. The molecule has 0 aliphatic heterocycles. The van der Waals surface area contributed by atoms with E-state index in [1.807, 2.05) is 0 Å². The van der Waals surface area contributed by atoms with Crippen LogP contribution >= 0.6 is 0 Å². The van der Waals surface area contributed by atoms with Gasteiger partial charge in [0.25, 0.3) is 5.69 Å². The molecule has 104 valence electrons. The summed E-state index contributed by atoms with van der Waals surface area (Å²) in [5, 5.41) is 14.2. The minimum absolute atomic E-state index is 0.119. The standard InChI is InChI=1S/C11H6F3N3O3/c12-11(13,14)8-4-15-16(5-8)9-1-2-10(17(19)20)7(3-9)6-18/h1-6H. The van der Waals surface area contributed by atoms with Crippen LogP contribution in [-0.2, 0) is 6.18 Å². The quantitative estimate of drug-likeness (QED) is 0.493. The second-order valence-corrected chi connectivity index (χ2v) is 3.79. The van der Waals surface area contributed by atoms with Crippen molar-refractivity contribution in [1.82, 2.24) is 9.78 Å². The van der Waals surface area contributed by atoms with Crippen LogP contribution in [0.15, 0.2) is 30.6 Å². The van der Waals surface area contributed by atoms with E-state index in [0.717, 1.165) is 23.0 Å². The lowest BCUT2D eigenvalue weighted by Crippen LogP contribution is -2.03. The van der Waals surface area contributed by atoms with Crippen LogP contribution in [0.3, 0.4) is 0 Å². The highest BCUT2D eigenvalue weighted by Gasteiger charge is 2.32. The molecule has 1 aromatic heterocycles. The third-order valence-electron chi connectivity index (χ3n) is 2.51. The average molecular weight is 285 g/mol. The van der Waals surface area contributed by atoms with Crippen molar-refractivity contribution in [3.8, 4) is 5.69 Å². The SMILES string of the molecule is O=Cc1cc(-n2cc(C(F)(F)F)cn2)ccc1[N+](=O)[O-]. The average Bonchev–Trinajstić information content (AvgIpc) is 2.87. The number of rotatable bonds is 3. The van der Waals surface area contributed by atoms with E-state index in [1.165, 1.54) is 6.07 Å². The van der Waals surface area contributed by atoms with Crippen LogP contribution in [0, 0.1) is 10.1 Å². The molecule has 0 spiro atoms. The molecule has 0 aliphatic rings. The summed E-state index contributed by atoms with van der Waals surface area (Å²) in [6, 6.07) is 3.34. The predicted octanol–water partition coefficient (Wildman–Crippen LogP) is 2.61. The van der Waals surface area contributed by atoms with E-state index < -0.39 is 22.4 Å². The van der Waals surface area contributed by atoms with Crippen molar-refractivity contribution in [2.24, 2.45) is 0 Å². The molecule has 0 radical (unpaired) electrons. The van der Waals surface area contributed by atoms with E-state index in [2.05, 4.69) is 5.10 Å². The van der Waals surface area contributed by atoms with Crippen LogP contribution in [0.25, 0.3) is 5.69 Å². The summed E-state index contributed by atoms with van der Waals surface area (Å²) in [5.41, 5.74) is -1.50. The number of carbonyl (C=O) groups is 1. The van der Waals surface area contributed by atoms with E-state index in [-0.39, 0.29) is 17.5 Å². The van der Waals surface area contributed by atoms with Gasteiger partial charge >= 0.3 is 6.18 Å². The van der Waals surface area contributed by atoms with E-state index in [9.17, 15) is 28.1 Å². The number of nitro groups is 1. The van der Waals surface area contributed by atoms with Crippen LogP contribution in [0.2, 0.25) is 0 Å². The molecular formula is C11H6F3N3O3. The third kappa shape index (κ3) is 2.51. The Hall–Kier alpha value is -2.71. The fourth-order valence-electron chi connectivity index (χ4n) is 1.56. The Morgan fingerprint density at radius 2 is 2.05 bits per heavy atom. The topological polar surface area (TPSA) is 78.0 Å². The maximum atomic E-state index is 12.4. The van der Waals surface area contributed by atoms with Gasteiger partial charge in [-0.25, -0.2) is 4.68 Å². The molecule has 0 aliphatic carbocycles. The number of aromatic nitrogens is 2. The number of aldehydes is 1. The Morgan fingerprint density at radius 1 is 1.35 bits per heavy atom. The molecule has 1 heterocycles. The van der Waals surface area contributed by atoms with Gasteiger partial charge in [-0.05, 0) is 12.1 Å². The van der Waals surface area contributed by atoms with Crippen molar-refractivity contribution >= 4 is 12.0 Å². The number of nitro benzene ring substituents is 1. The summed E-state index contributed by atoms with van der Waals surface area (Å²) in [4.78, 5) is 20.7. The Labute approximate surface area is 109 Å². The zero-order valence-electron chi connectivity index (χ0n) is 9.66. The van der Waals surface area contributed by atoms with Gasteiger partial charge in [-0.1, -0.05) is 0 Å². The van der Waals surface area contributed by atoms with E-state index >= 15 is 0 Å². The van der Waals surface area contributed by atoms with Crippen molar-refractivity contribution in [3.05, 3.63) is 51.8 Å². The second kappa shape index (κ2) is 4.76. The summed E-state index contributed by atoms with van der Waals surface area (Å²) in [6.45, 7) is 0. The molecule has 0 fully saturated rings. The summed E-state index contributed by atoms with van der Waals surface area (Å²) >= 11 is 0. The first kappa shape index (κ1) is 13.7. The first-order valence-corrected chi connectivity index (χ1v) is 5.19. The molecule has 6 nitrogen and oxygen atoms in total. The van der Waals surface area contributed by atoms with Crippen molar-refractivity contribution in [1.29, 1.82) is 0 Å². The normalized spacial score (nSPS) is 11.3. The molecular weight excluding hydrogens is 279 g/mol. The minimum atomic E-state index is -4.54. The molecule has 20 heavy (non-hydrogen) atoms. The minimum Gasteiger partial charge on any atom is -0.298 e. The lowest BCUT2D eigenvalue weighted by Gasteiger charge is -2.03. The van der Waals surface area contributed by atoms with Gasteiger partial charge in [0.2, 0.25) is 0 Å². The molecule has 0 N–H and O–H groups in total. The van der Waals surface area contributed by atoms with Crippen LogP contribution in [0.5, 0.6) is 0 Å². The summed E-state index contributed by atoms with van der Waals surface area (Å²) in [7, 11) is 0. The van der Waals surface area contributed by atoms with Crippen molar-refractivity contribution < 1.29 is 22.9 Å². The first-order valence-electron chi connectivity index (χ1n) is 5.19. The van der Waals surface area contributed by atoms with Crippen molar-refractivity contribution in [2.45, 2.75) is 6.18 Å². The molecule has 0 saturated carbocycles. The smallest absolute Gasteiger partial charge is 0.298 e. The molecule has 0 bridgehead atoms. The Morgan fingerprint density at radius 3 is 2.55 bits per heavy atom. The van der Waals surface area contributed by atoms with Gasteiger partial charge in [-0.2, -0.15) is 18.3 Å². The van der Waals surface area contributed by atoms with Gasteiger partial charge in [0.1, 0.15) is 0 Å². The zero-order chi connectivity index (χ0) is 14.9. The van der Waals surface area contributed by atoms with Gasteiger partial charge in [0.15, 0.2) is 6.29 Å². The highest BCUT2D eigenvalue weighted by atomic mass is 19.4. The number of hydrogen-bond donors (Lipinski definition) is 0. The van der Waals surface area contributed by atoms with Gasteiger partial charge in [0.05, 0.1) is 27.9 Å². The molecule has 1 aromatic carbocycles. The highest BCUT2D eigenvalue weighted by molar-refractivity contribution is 5.82. The summed E-state index contributed by atoms with van der Waals surface area (Å²) < 4.78 is 38.2. The Bertz CT molecular complexity index is 679. The van der Waals surface area contributed by atoms with Crippen molar-refractivity contribution in [2.75, 3.05) is 0 Å². The van der Waals surface area contributed by atoms with Gasteiger partial charge in [-0.15, -0.1) is 0 Å². The monoisotopic (exact) mass is 285 g/mol. The van der Waals surface area contributed by atoms with Crippen LogP contribution in [-0.4, -0.2) is 21.0 Å². The highest BCUT2D eigenvalue weighted by Crippen LogP contribution is 2.29. The predicted molar refractivity (Wildman–Crippen MR) is 60.6 cm³/mol. The van der Waals surface area contributed by atoms with Gasteiger partial charge in [-0.3, -0.25) is 14.9 Å². The molecule has 0 atom stereocenters. The van der Waals surface area contributed by atoms with Crippen LogP contribution in [0.1, 0.15) is 15.9 Å². The van der Waals surface area contributed by atoms with E-state index in [1.54, 1.807) is 0 Å². The number of nitrogens with zero attached hydrogens (tertiary/aromatic N) is 3. The third-order valence-corrected chi connectivity index (χ3v) is 2.51. The lowest BCUT2D eigenvalue weighted by atomic mass is 10.2. The van der Waals surface area contributed by atoms with E-state index in [0.29, 0.717) is 6.20 Å². The number of hydrogen-bond acceptors (Lipinski definition) is 4. The van der Waals surface area contributed by atoms with Crippen molar-refractivity contribution in [3.63, 3.8) is 0 Å². The zero-order valence-corrected chi connectivity index (χ0v) is 9.66. The maximum Gasteiger partial charge on any atom is 0.419 e. The summed E-state index contributed by atoms with van der Waals surface area (Å²) in [5.74, 6) is 0. The molecule has 0 unspecified atom stereocenters. The number of halogens is 3. The fourth-order valence-corrected chi connectivity index (χ4v) is 1.56. The van der Waals surface area contributed by atoms with E-state index in [4.69, 9.17) is 0 Å². The molecule has 2 aromatic rings.